The Morgan fingerprint density at radius 3 is 3.08 bits per heavy atom. The number of carbonyl (C=O) groups is 1. The maximum Gasteiger partial charge on any atom is 0.249 e. The topological polar surface area (TPSA) is 38.3 Å². The van der Waals surface area contributed by atoms with E-state index in [1.807, 2.05) is 0 Å². The van der Waals surface area contributed by atoms with Crippen LogP contribution in [-0.2, 0) is 9.53 Å². The molecular weight excluding hydrogens is 154 g/mol. The summed E-state index contributed by atoms with van der Waals surface area (Å²) in [4.78, 5) is 11.3. The molecule has 1 unspecified atom stereocenters. The Morgan fingerprint density at radius 1 is 1.67 bits per heavy atom. The van der Waals surface area contributed by atoms with Gasteiger partial charge in [0.15, 0.2) is 0 Å². The lowest BCUT2D eigenvalue weighted by Gasteiger charge is -2.21. The molecule has 3 heteroatoms. The Bertz CT molecular complexity index is 162. The summed E-state index contributed by atoms with van der Waals surface area (Å²) in [6.07, 6.45) is 4.46. The highest BCUT2D eigenvalue weighted by molar-refractivity contribution is 5.80. The third kappa shape index (κ3) is 2.66. The lowest BCUT2D eigenvalue weighted by Crippen LogP contribution is -2.38. The molecule has 1 heterocycles. The van der Waals surface area contributed by atoms with E-state index in [4.69, 9.17) is 4.74 Å². The number of hydrogen-bond acceptors (Lipinski definition) is 2. The molecule has 0 saturated carbocycles. The largest absolute Gasteiger partial charge is 0.368 e. The summed E-state index contributed by atoms with van der Waals surface area (Å²) >= 11 is 0. The van der Waals surface area contributed by atoms with Crippen LogP contribution in [0.15, 0.2) is 12.7 Å². The van der Waals surface area contributed by atoms with E-state index in [1.165, 1.54) is 0 Å². The summed E-state index contributed by atoms with van der Waals surface area (Å²) in [6, 6.07) is 0. The van der Waals surface area contributed by atoms with Gasteiger partial charge in [-0.15, -0.1) is 6.58 Å². The molecule has 0 aliphatic carbocycles. The molecule has 0 aromatic rings. The van der Waals surface area contributed by atoms with Crippen molar-refractivity contribution >= 4 is 5.91 Å². The van der Waals surface area contributed by atoms with Crippen molar-refractivity contribution in [1.29, 1.82) is 0 Å². The minimum atomic E-state index is -0.223. The molecule has 3 nitrogen and oxygen atoms in total. The van der Waals surface area contributed by atoms with Gasteiger partial charge in [0, 0.05) is 13.2 Å². The van der Waals surface area contributed by atoms with Gasteiger partial charge in [0.05, 0.1) is 0 Å². The monoisotopic (exact) mass is 169 g/mol. The maximum absolute atomic E-state index is 11.3. The van der Waals surface area contributed by atoms with E-state index in [0.29, 0.717) is 13.2 Å². The number of rotatable bonds is 3. The quantitative estimate of drug-likeness (QED) is 0.636. The molecule has 0 aromatic carbocycles. The molecule has 1 rings (SSSR count). The zero-order valence-electron chi connectivity index (χ0n) is 7.21. The van der Waals surface area contributed by atoms with Crippen LogP contribution < -0.4 is 5.32 Å². The third-order valence-corrected chi connectivity index (χ3v) is 1.89. The second-order valence-corrected chi connectivity index (χ2v) is 2.89. The predicted octanol–water partition coefficient (Wildman–Crippen LogP) is 0.858. The van der Waals surface area contributed by atoms with Crippen molar-refractivity contribution in [3.8, 4) is 0 Å². The van der Waals surface area contributed by atoms with Crippen molar-refractivity contribution in [3.05, 3.63) is 12.7 Å². The molecule has 0 bridgehead atoms. The third-order valence-electron chi connectivity index (χ3n) is 1.89. The van der Waals surface area contributed by atoms with Gasteiger partial charge in [-0.05, 0) is 19.3 Å². The van der Waals surface area contributed by atoms with Crippen LogP contribution in [0.1, 0.15) is 19.3 Å². The zero-order valence-corrected chi connectivity index (χ0v) is 7.21. The first-order valence-electron chi connectivity index (χ1n) is 4.35. The molecule has 12 heavy (non-hydrogen) atoms. The van der Waals surface area contributed by atoms with E-state index < -0.39 is 0 Å². The highest BCUT2D eigenvalue weighted by Crippen LogP contribution is 2.12. The Labute approximate surface area is 72.8 Å². The molecule has 1 fully saturated rings. The van der Waals surface area contributed by atoms with E-state index in [0.717, 1.165) is 19.3 Å². The van der Waals surface area contributed by atoms with Gasteiger partial charge in [0.2, 0.25) is 5.91 Å². The molecule has 1 atom stereocenters. The fourth-order valence-electron chi connectivity index (χ4n) is 1.23. The molecule has 1 aliphatic rings. The van der Waals surface area contributed by atoms with Crippen LogP contribution in [0.25, 0.3) is 0 Å². The van der Waals surface area contributed by atoms with Gasteiger partial charge >= 0.3 is 0 Å². The van der Waals surface area contributed by atoms with Crippen molar-refractivity contribution in [3.63, 3.8) is 0 Å². The van der Waals surface area contributed by atoms with Crippen LogP contribution >= 0.6 is 0 Å². The number of amides is 1. The van der Waals surface area contributed by atoms with E-state index in [-0.39, 0.29) is 12.0 Å². The summed E-state index contributed by atoms with van der Waals surface area (Å²) in [5.41, 5.74) is 0. The molecule has 1 amide bonds. The fraction of sp³-hybridized carbons (Fsp3) is 0.667. The standard InChI is InChI=1S/C9H15NO2/c1-2-6-10-9(11)8-5-3-4-7-12-8/h2,8H,1,3-7H2,(H,10,11). The Kier molecular flexibility index (Phi) is 3.80. The van der Waals surface area contributed by atoms with Crippen molar-refractivity contribution < 1.29 is 9.53 Å². The van der Waals surface area contributed by atoms with Crippen LogP contribution in [0.4, 0.5) is 0 Å². The van der Waals surface area contributed by atoms with E-state index in [2.05, 4.69) is 11.9 Å². The van der Waals surface area contributed by atoms with E-state index in [1.54, 1.807) is 6.08 Å². The van der Waals surface area contributed by atoms with Gasteiger partial charge in [0.25, 0.3) is 0 Å². The lowest BCUT2D eigenvalue weighted by molar-refractivity contribution is -0.135. The van der Waals surface area contributed by atoms with Crippen LogP contribution in [0.2, 0.25) is 0 Å². The van der Waals surface area contributed by atoms with E-state index >= 15 is 0 Å². The van der Waals surface area contributed by atoms with Gasteiger partial charge in [-0.2, -0.15) is 0 Å². The maximum atomic E-state index is 11.3. The van der Waals surface area contributed by atoms with Crippen LogP contribution in [-0.4, -0.2) is 25.2 Å². The minimum absolute atomic E-state index is 0.00500. The smallest absolute Gasteiger partial charge is 0.249 e. The molecule has 1 saturated heterocycles. The Balaban J connectivity index is 2.24. The van der Waals surface area contributed by atoms with Crippen LogP contribution in [0.5, 0.6) is 0 Å². The lowest BCUT2D eigenvalue weighted by atomic mass is 10.1. The highest BCUT2D eigenvalue weighted by atomic mass is 16.5. The number of ether oxygens (including phenoxy) is 1. The first-order valence-corrected chi connectivity index (χ1v) is 4.35. The summed E-state index contributed by atoms with van der Waals surface area (Å²) in [6.45, 7) is 4.76. The second-order valence-electron chi connectivity index (χ2n) is 2.89. The molecule has 68 valence electrons. The van der Waals surface area contributed by atoms with Gasteiger partial charge in [-0.25, -0.2) is 0 Å². The first-order chi connectivity index (χ1) is 5.84. The highest BCUT2D eigenvalue weighted by Gasteiger charge is 2.20. The molecule has 0 aromatic heterocycles. The average molecular weight is 169 g/mol. The SMILES string of the molecule is C=CCNC(=O)C1CCCCO1. The average Bonchev–Trinajstić information content (AvgIpc) is 2.15. The van der Waals surface area contributed by atoms with Gasteiger partial charge in [-0.3, -0.25) is 4.79 Å². The summed E-state index contributed by atoms with van der Waals surface area (Å²) in [5.74, 6) is -0.00500. The number of hydrogen-bond donors (Lipinski definition) is 1. The molecule has 1 aliphatic heterocycles. The Hall–Kier alpha value is -0.830. The molecule has 0 spiro atoms. The predicted molar refractivity (Wildman–Crippen MR) is 46.8 cm³/mol. The number of nitrogens with one attached hydrogen (secondary N) is 1. The van der Waals surface area contributed by atoms with Crippen LogP contribution in [0, 0.1) is 0 Å². The summed E-state index contributed by atoms with van der Waals surface area (Å²) in [5, 5.41) is 2.72. The van der Waals surface area contributed by atoms with Crippen LogP contribution in [0.3, 0.4) is 0 Å². The summed E-state index contributed by atoms with van der Waals surface area (Å²) < 4.78 is 5.29. The number of carbonyl (C=O) groups excluding carboxylic acids is 1. The normalized spacial score (nSPS) is 23.2. The van der Waals surface area contributed by atoms with Crippen molar-refractivity contribution in [2.45, 2.75) is 25.4 Å². The fourth-order valence-corrected chi connectivity index (χ4v) is 1.23. The molecular formula is C9H15NO2. The van der Waals surface area contributed by atoms with E-state index in [9.17, 15) is 4.79 Å². The molecule has 0 radical (unpaired) electrons. The van der Waals surface area contributed by atoms with Crippen molar-refractivity contribution in [1.82, 2.24) is 5.32 Å². The summed E-state index contributed by atoms with van der Waals surface area (Å²) in [7, 11) is 0. The zero-order chi connectivity index (χ0) is 8.81. The van der Waals surface area contributed by atoms with Crippen molar-refractivity contribution in [2.75, 3.05) is 13.2 Å². The second kappa shape index (κ2) is 4.93. The van der Waals surface area contributed by atoms with Gasteiger partial charge in [0.1, 0.15) is 6.10 Å². The van der Waals surface area contributed by atoms with Crippen molar-refractivity contribution in [2.24, 2.45) is 0 Å². The van der Waals surface area contributed by atoms with Gasteiger partial charge in [-0.1, -0.05) is 6.08 Å². The minimum Gasteiger partial charge on any atom is -0.368 e. The first kappa shape index (κ1) is 9.26. The Morgan fingerprint density at radius 2 is 2.50 bits per heavy atom. The molecule has 1 N–H and O–H groups in total. The van der Waals surface area contributed by atoms with Gasteiger partial charge < -0.3 is 10.1 Å².